The van der Waals surface area contributed by atoms with Gasteiger partial charge in [0.05, 0.1) is 23.3 Å². The molecular weight excluding hydrogens is 340 g/mol. The van der Waals surface area contributed by atoms with Gasteiger partial charge in [0, 0.05) is 37.0 Å². The van der Waals surface area contributed by atoms with Gasteiger partial charge in [-0.3, -0.25) is 19.6 Å². The fourth-order valence-corrected chi connectivity index (χ4v) is 3.79. The number of fused-ring (bicyclic) bond motifs is 2. The summed E-state index contributed by atoms with van der Waals surface area (Å²) in [7, 11) is 0. The van der Waals surface area contributed by atoms with E-state index in [2.05, 4.69) is 24.8 Å². The van der Waals surface area contributed by atoms with Crippen molar-refractivity contribution in [3.63, 3.8) is 0 Å². The second-order valence-electron chi connectivity index (χ2n) is 6.96. The Morgan fingerprint density at radius 1 is 1.15 bits per heavy atom. The minimum Gasteiger partial charge on any atom is -0.287 e. The van der Waals surface area contributed by atoms with Gasteiger partial charge < -0.3 is 0 Å². The van der Waals surface area contributed by atoms with Crippen LogP contribution in [0, 0.1) is 0 Å². The van der Waals surface area contributed by atoms with Crippen molar-refractivity contribution in [2.75, 3.05) is 0 Å². The van der Waals surface area contributed by atoms with E-state index in [9.17, 15) is 4.79 Å². The van der Waals surface area contributed by atoms with E-state index in [1.54, 1.807) is 12.3 Å². The zero-order chi connectivity index (χ0) is 18.2. The Labute approximate surface area is 155 Å². The van der Waals surface area contributed by atoms with E-state index in [1.807, 2.05) is 30.5 Å². The second-order valence-corrected chi connectivity index (χ2v) is 6.96. The van der Waals surface area contributed by atoms with Gasteiger partial charge in [0.15, 0.2) is 5.65 Å². The highest BCUT2D eigenvalue weighted by Crippen LogP contribution is 2.21. The summed E-state index contributed by atoms with van der Waals surface area (Å²) >= 11 is 0. The standard InChI is InChI=1S/C20H20N6O/c27-20-11-15(8-10-25-18-7-2-1-5-14(18)13-22-25)23-19-12-17(24-26(19)20)16-6-3-4-9-21-16/h3-4,6,9,11-13,24H,1-2,5,7-8,10H2. The van der Waals surface area contributed by atoms with E-state index >= 15 is 0 Å². The molecule has 0 amide bonds. The molecule has 27 heavy (non-hydrogen) atoms. The molecule has 1 N–H and O–H groups in total. The molecule has 0 radical (unpaired) electrons. The highest BCUT2D eigenvalue weighted by Gasteiger charge is 2.15. The molecule has 0 spiro atoms. The molecule has 0 aromatic carbocycles. The minimum absolute atomic E-state index is 0.111. The van der Waals surface area contributed by atoms with E-state index in [0.717, 1.165) is 36.5 Å². The van der Waals surface area contributed by atoms with Gasteiger partial charge in [-0.15, -0.1) is 0 Å². The molecular formula is C20H20N6O. The molecule has 1 aliphatic rings. The molecule has 0 saturated heterocycles. The maximum Gasteiger partial charge on any atom is 0.272 e. The van der Waals surface area contributed by atoms with Gasteiger partial charge in [-0.25, -0.2) is 9.50 Å². The maximum atomic E-state index is 12.5. The number of nitrogens with zero attached hydrogens (tertiary/aromatic N) is 5. The first-order valence-electron chi connectivity index (χ1n) is 9.34. The summed E-state index contributed by atoms with van der Waals surface area (Å²) in [4.78, 5) is 21.5. The van der Waals surface area contributed by atoms with Gasteiger partial charge >= 0.3 is 0 Å². The minimum atomic E-state index is -0.111. The maximum absolute atomic E-state index is 12.5. The fourth-order valence-electron chi connectivity index (χ4n) is 3.79. The number of H-pyrrole nitrogens is 1. The second kappa shape index (κ2) is 6.50. The molecule has 136 valence electrons. The largest absolute Gasteiger partial charge is 0.287 e. The summed E-state index contributed by atoms with van der Waals surface area (Å²) in [5.41, 5.74) is 5.56. The van der Waals surface area contributed by atoms with Crippen LogP contribution in [0.4, 0.5) is 0 Å². The Hall–Kier alpha value is -3.22. The van der Waals surface area contributed by atoms with Crippen molar-refractivity contribution in [3.8, 4) is 11.4 Å². The van der Waals surface area contributed by atoms with Gasteiger partial charge in [-0.2, -0.15) is 5.10 Å². The molecule has 0 bridgehead atoms. The van der Waals surface area contributed by atoms with Crippen molar-refractivity contribution < 1.29 is 0 Å². The summed E-state index contributed by atoms with van der Waals surface area (Å²) < 4.78 is 3.54. The van der Waals surface area contributed by atoms with E-state index in [4.69, 9.17) is 0 Å². The number of aryl methyl sites for hydroxylation is 3. The van der Waals surface area contributed by atoms with E-state index < -0.39 is 0 Å². The van der Waals surface area contributed by atoms with E-state index in [1.165, 1.54) is 28.6 Å². The van der Waals surface area contributed by atoms with E-state index in [0.29, 0.717) is 12.1 Å². The number of rotatable bonds is 4. The van der Waals surface area contributed by atoms with Crippen LogP contribution in [-0.2, 0) is 25.8 Å². The van der Waals surface area contributed by atoms with Crippen LogP contribution in [0.25, 0.3) is 17.0 Å². The number of hydrogen-bond donors (Lipinski definition) is 1. The lowest BCUT2D eigenvalue weighted by atomic mass is 9.98. The number of nitrogens with one attached hydrogen (secondary N) is 1. The van der Waals surface area contributed by atoms with Crippen LogP contribution < -0.4 is 5.56 Å². The molecule has 5 rings (SSSR count). The predicted octanol–water partition coefficient (Wildman–Crippen LogP) is 2.40. The van der Waals surface area contributed by atoms with Crippen molar-refractivity contribution in [2.45, 2.75) is 38.6 Å². The third kappa shape index (κ3) is 2.95. The summed E-state index contributed by atoms with van der Waals surface area (Å²) in [6.45, 7) is 0.746. The quantitative estimate of drug-likeness (QED) is 0.606. The SMILES string of the molecule is O=c1cc(CCn2ncc3c2CCCC3)nc2cc(-c3ccccn3)[nH]n12. The number of aromatic nitrogens is 6. The highest BCUT2D eigenvalue weighted by atomic mass is 16.1. The zero-order valence-electron chi connectivity index (χ0n) is 14.9. The third-order valence-corrected chi connectivity index (χ3v) is 5.17. The number of pyridine rings is 1. The first kappa shape index (κ1) is 16.0. The summed E-state index contributed by atoms with van der Waals surface area (Å²) in [6, 6.07) is 9.14. The van der Waals surface area contributed by atoms with Crippen molar-refractivity contribution in [3.05, 3.63) is 70.0 Å². The molecule has 0 unspecified atom stereocenters. The molecule has 4 aromatic heterocycles. The topological polar surface area (TPSA) is 80.9 Å². The molecule has 0 aliphatic heterocycles. The van der Waals surface area contributed by atoms with Gasteiger partial charge in [0.2, 0.25) is 0 Å². The Balaban J connectivity index is 1.42. The van der Waals surface area contributed by atoms with Gasteiger partial charge in [-0.1, -0.05) is 6.07 Å². The molecule has 4 aromatic rings. The molecule has 0 atom stereocenters. The fraction of sp³-hybridized carbons (Fsp3) is 0.300. The van der Waals surface area contributed by atoms with Gasteiger partial charge in [0.1, 0.15) is 0 Å². The average molecular weight is 360 g/mol. The first-order valence-corrected chi connectivity index (χ1v) is 9.34. The molecule has 7 nitrogen and oxygen atoms in total. The van der Waals surface area contributed by atoms with Gasteiger partial charge in [-0.05, 0) is 43.4 Å². The Morgan fingerprint density at radius 2 is 2.07 bits per heavy atom. The Bertz CT molecular complexity index is 1150. The molecule has 0 fully saturated rings. The van der Waals surface area contributed by atoms with Crippen molar-refractivity contribution >= 4 is 5.65 Å². The Morgan fingerprint density at radius 3 is 2.96 bits per heavy atom. The molecule has 4 heterocycles. The van der Waals surface area contributed by atoms with Crippen LogP contribution in [0.15, 0.2) is 47.5 Å². The summed E-state index contributed by atoms with van der Waals surface area (Å²) in [5, 5.41) is 7.61. The van der Waals surface area contributed by atoms with E-state index in [-0.39, 0.29) is 5.56 Å². The molecule has 0 saturated carbocycles. The molecule has 7 heteroatoms. The van der Waals surface area contributed by atoms with Crippen molar-refractivity contribution in [1.82, 2.24) is 29.4 Å². The third-order valence-electron chi connectivity index (χ3n) is 5.17. The van der Waals surface area contributed by atoms with Crippen molar-refractivity contribution in [2.24, 2.45) is 0 Å². The number of aromatic amines is 1. The monoisotopic (exact) mass is 360 g/mol. The first-order chi connectivity index (χ1) is 13.3. The summed E-state index contributed by atoms with van der Waals surface area (Å²) in [6.07, 6.45) is 9.10. The van der Waals surface area contributed by atoms with Crippen LogP contribution in [0.1, 0.15) is 29.8 Å². The highest BCUT2D eigenvalue weighted by molar-refractivity contribution is 5.60. The van der Waals surface area contributed by atoms with Crippen LogP contribution in [0.2, 0.25) is 0 Å². The van der Waals surface area contributed by atoms with Crippen LogP contribution >= 0.6 is 0 Å². The van der Waals surface area contributed by atoms with Crippen LogP contribution in [0.5, 0.6) is 0 Å². The normalized spacial score (nSPS) is 13.8. The van der Waals surface area contributed by atoms with Crippen molar-refractivity contribution in [1.29, 1.82) is 0 Å². The van der Waals surface area contributed by atoms with Crippen LogP contribution in [0.3, 0.4) is 0 Å². The predicted molar refractivity (Wildman–Crippen MR) is 102 cm³/mol. The lowest BCUT2D eigenvalue weighted by Crippen LogP contribution is -2.17. The zero-order valence-corrected chi connectivity index (χ0v) is 14.9. The lowest BCUT2D eigenvalue weighted by molar-refractivity contribution is 0.553. The average Bonchev–Trinajstić information content (AvgIpc) is 3.32. The lowest BCUT2D eigenvalue weighted by Gasteiger charge is -2.13. The van der Waals surface area contributed by atoms with Gasteiger partial charge in [0.25, 0.3) is 5.56 Å². The summed E-state index contributed by atoms with van der Waals surface area (Å²) in [5.74, 6) is 0. The Kier molecular flexibility index (Phi) is 3.85. The smallest absolute Gasteiger partial charge is 0.272 e. The van der Waals surface area contributed by atoms with Crippen LogP contribution in [-0.4, -0.2) is 29.4 Å². The molecule has 1 aliphatic carbocycles. The number of hydrogen-bond acceptors (Lipinski definition) is 4.